The Balaban J connectivity index is 2.55. The van der Waals surface area contributed by atoms with Crippen LogP contribution in [0.15, 0.2) is 0 Å². The van der Waals surface area contributed by atoms with Crippen LogP contribution in [0, 0.1) is 11.8 Å². The standard InChI is InChI=1S/C7H13NO/c1-3-6-5(2)4-8-7(6)9/h5-6H,3-4H2,1-2H3,(H,8,9)/t5-,6-/m0/s1. The van der Waals surface area contributed by atoms with E-state index < -0.39 is 0 Å². The Labute approximate surface area is 55.6 Å². The topological polar surface area (TPSA) is 29.1 Å². The van der Waals surface area contributed by atoms with E-state index in [0.717, 1.165) is 13.0 Å². The summed E-state index contributed by atoms with van der Waals surface area (Å²) in [6.07, 6.45) is 0.979. The van der Waals surface area contributed by atoms with Gasteiger partial charge in [-0.3, -0.25) is 4.79 Å². The summed E-state index contributed by atoms with van der Waals surface area (Å²) in [5.41, 5.74) is 0. The molecule has 0 aromatic carbocycles. The number of carbonyl (C=O) groups is 1. The molecule has 2 atom stereocenters. The van der Waals surface area contributed by atoms with Gasteiger partial charge in [0.05, 0.1) is 0 Å². The smallest absolute Gasteiger partial charge is 0.223 e. The van der Waals surface area contributed by atoms with Gasteiger partial charge in [0.1, 0.15) is 0 Å². The molecule has 1 aliphatic heterocycles. The summed E-state index contributed by atoms with van der Waals surface area (Å²) in [5, 5.41) is 2.83. The quantitative estimate of drug-likeness (QED) is 0.554. The van der Waals surface area contributed by atoms with Crippen molar-refractivity contribution in [1.29, 1.82) is 0 Å². The molecule has 1 rings (SSSR count). The van der Waals surface area contributed by atoms with E-state index in [4.69, 9.17) is 0 Å². The zero-order chi connectivity index (χ0) is 6.85. The van der Waals surface area contributed by atoms with Crippen molar-refractivity contribution in [2.45, 2.75) is 20.3 Å². The van der Waals surface area contributed by atoms with Gasteiger partial charge in [0.25, 0.3) is 0 Å². The molecule has 2 heteroatoms. The highest BCUT2D eigenvalue weighted by Gasteiger charge is 2.28. The minimum Gasteiger partial charge on any atom is -0.356 e. The third-order valence-electron chi connectivity index (χ3n) is 2.06. The minimum absolute atomic E-state index is 0.241. The maximum atomic E-state index is 10.9. The molecular formula is C7H13NO. The van der Waals surface area contributed by atoms with Crippen LogP contribution >= 0.6 is 0 Å². The summed E-state index contributed by atoms with van der Waals surface area (Å²) < 4.78 is 0. The van der Waals surface area contributed by atoms with Crippen molar-refractivity contribution < 1.29 is 4.79 Å². The lowest BCUT2D eigenvalue weighted by molar-refractivity contribution is -0.122. The average molecular weight is 127 g/mol. The van der Waals surface area contributed by atoms with E-state index in [1.54, 1.807) is 0 Å². The van der Waals surface area contributed by atoms with Crippen molar-refractivity contribution in [1.82, 2.24) is 5.32 Å². The monoisotopic (exact) mass is 127 g/mol. The van der Waals surface area contributed by atoms with Crippen LogP contribution in [0.25, 0.3) is 0 Å². The highest BCUT2D eigenvalue weighted by molar-refractivity contribution is 5.80. The lowest BCUT2D eigenvalue weighted by atomic mass is 9.95. The highest BCUT2D eigenvalue weighted by Crippen LogP contribution is 2.19. The van der Waals surface area contributed by atoms with E-state index in [-0.39, 0.29) is 11.8 Å². The minimum atomic E-state index is 0.241. The van der Waals surface area contributed by atoms with Crippen LogP contribution in [0.5, 0.6) is 0 Å². The molecule has 2 nitrogen and oxygen atoms in total. The first-order valence-electron chi connectivity index (χ1n) is 3.53. The molecule has 1 N–H and O–H groups in total. The fourth-order valence-corrected chi connectivity index (χ4v) is 1.38. The first-order valence-corrected chi connectivity index (χ1v) is 3.53. The van der Waals surface area contributed by atoms with Gasteiger partial charge in [-0.05, 0) is 12.3 Å². The number of rotatable bonds is 1. The van der Waals surface area contributed by atoms with E-state index in [9.17, 15) is 4.79 Å². The Morgan fingerprint density at radius 2 is 2.44 bits per heavy atom. The summed E-state index contributed by atoms with van der Waals surface area (Å²) in [6, 6.07) is 0. The number of carbonyl (C=O) groups excluding carboxylic acids is 1. The lowest BCUT2D eigenvalue weighted by Gasteiger charge is -2.06. The van der Waals surface area contributed by atoms with Crippen LogP contribution in [0.4, 0.5) is 0 Å². The molecule has 1 fully saturated rings. The van der Waals surface area contributed by atoms with Crippen LogP contribution in [-0.2, 0) is 4.79 Å². The molecule has 1 amide bonds. The molecule has 0 aliphatic carbocycles. The molecule has 0 saturated carbocycles. The zero-order valence-corrected chi connectivity index (χ0v) is 5.98. The third kappa shape index (κ3) is 1.07. The molecule has 1 heterocycles. The summed E-state index contributed by atoms with van der Waals surface area (Å²) in [7, 11) is 0. The van der Waals surface area contributed by atoms with Crippen molar-refractivity contribution in [3.8, 4) is 0 Å². The Bertz CT molecular complexity index is 122. The van der Waals surface area contributed by atoms with Crippen LogP contribution in [0.2, 0.25) is 0 Å². The van der Waals surface area contributed by atoms with Gasteiger partial charge in [0, 0.05) is 12.5 Å². The molecule has 0 radical (unpaired) electrons. The van der Waals surface area contributed by atoms with Crippen molar-refractivity contribution in [2.75, 3.05) is 6.54 Å². The summed E-state index contributed by atoms with van der Waals surface area (Å²) in [4.78, 5) is 10.9. The number of amides is 1. The second-order valence-corrected chi connectivity index (χ2v) is 2.74. The molecular weight excluding hydrogens is 114 g/mol. The molecule has 0 aromatic rings. The second-order valence-electron chi connectivity index (χ2n) is 2.74. The predicted octanol–water partition coefficient (Wildman–Crippen LogP) is 0.778. The normalized spacial score (nSPS) is 34.7. The van der Waals surface area contributed by atoms with Gasteiger partial charge < -0.3 is 5.32 Å². The van der Waals surface area contributed by atoms with Crippen LogP contribution in [0.1, 0.15) is 20.3 Å². The molecule has 1 saturated heterocycles. The fraction of sp³-hybridized carbons (Fsp3) is 0.857. The van der Waals surface area contributed by atoms with Crippen LogP contribution < -0.4 is 5.32 Å². The Morgan fingerprint density at radius 3 is 2.67 bits per heavy atom. The average Bonchev–Trinajstić information content (AvgIpc) is 2.12. The Hall–Kier alpha value is -0.530. The van der Waals surface area contributed by atoms with Gasteiger partial charge in [0.15, 0.2) is 0 Å². The van der Waals surface area contributed by atoms with E-state index in [0.29, 0.717) is 5.92 Å². The first kappa shape index (κ1) is 6.59. The maximum Gasteiger partial charge on any atom is 0.223 e. The largest absolute Gasteiger partial charge is 0.356 e. The van der Waals surface area contributed by atoms with E-state index >= 15 is 0 Å². The summed E-state index contributed by atoms with van der Waals surface area (Å²) >= 11 is 0. The van der Waals surface area contributed by atoms with Crippen molar-refractivity contribution in [3.05, 3.63) is 0 Å². The number of hydrogen-bond acceptors (Lipinski definition) is 1. The predicted molar refractivity (Wildman–Crippen MR) is 36.0 cm³/mol. The molecule has 0 spiro atoms. The van der Waals surface area contributed by atoms with E-state index in [2.05, 4.69) is 19.2 Å². The van der Waals surface area contributed by atoms with Crippen molar-refractivity contribution in [2.24, 2.45) is 11.8 Å². The van der Waals surface area contributed by atoms with E-state index in [1.807, 2.05) is 0 Å². The number of hydrogen-bond donors (Lipinski definition) is 1. The molecule has 0 bridgehead atoms. The van der Waals surface area contributed by atoms with Crippen molar-refractivity contribution >= 4 is 5.91 Å². The molecule has 0 aromatic heterocycles. The van der Waals surface area contributed by atoms with Gasteiger partial charge in [-0.2, -0.15) is 0 Å². The maximum absolute atomic E-state index is 10.9. The Morgan fingerprint density at radius 1 is 1.78 bits per heavy atom. The molecule has 52 valence electrons. The third-order valence-corrected chi connectivity index (χ3v) is 2.06. The van der Waals surface area contributed by atoms with Crippen LogP contribution in [-0.4, -0.2) is 12.5 Å². The molecule has 0 unspecified atom stereocenters. The van der Waals surface area contributed by atoms with Gasteiger partial charge in [-0.1, -0.05) is 13.8 Å². The summed E-state index contributed by atoms with van der Waals surface area (Å²) in [6.45, 7) is 5.05. The van der Waals surface area contributed by atoms with E-state index in [1.165, 1.54) is 0 Å². The summed E-state index contributed by atoms with van der Waals surface area (Å²) in [5.74, 6) is 1.07. The Kier molecular flexibility index (Phi) is 1.74. The van der Waals surface area contributed by atoms with Gasteiger partial charge in [0.2, 0.25) is 5.91 Å². The van der Waals surface area contributed by atoms with Gasteiger partial charge >= 0.3 is 0 Å². The second kappa shape index (κ2) is 2.38. The van der Waals surface area contributed by atoms with Crippen LogP contribution in [0.3, 0.4) is 0 Å². The number of nitrogens with one attached hydrogen (secondary N) is 1. The van der Waals surface area contributed by atoms with Crippen molar-refractivity contribution in [3.63, 3.8) is 0 Å². The molecule has 9 heavy (non-hydrogen) atoms. The highest BCUT2D eigenvalue weighted by atomic mass is 16.2. The van der Waals surface area contributed by atoms with Gasteiger partial charge in [-0.15, -0.1) is 0 Å². The molecule has 1 aliphatic rings. The first-order chi connectivity index (χ1) is 4.25. The zero-order valence-electron chi connectivity index (χ0n) is 5.98. The SMILES string of the molecule is CC[C@@H]1C(=O)NC[C@@H]1C. The van der Waals surface area contributed by atoms with Gasteiger partial charge in [-0.25, -0.2) is 0 Å². The lowest BCUT2D eigenvalue weighted by Crippen LogP contribution is -2.18. The fourth-order valence-electron chi connectivity index (χ4n) is 1.38.